The summed E-state index contributed by atoms with van der Waals surface area (Å²) in [4.78, 5) is 11.4. The molecule has 15 heavy (non-hydrogen) atoms. The maximum Gasteiger partial charge on any atom is 0.328 e. The number of halogens is 2. The van der Waals surface area contributed by atoms with Gasteiger partial charge in [0.25, 0.3) is 0 Å². The van der Waals surface area contributed by atoms with Crippen molar-refractivity contribution in [3.8, 4) is 0 Å². The summed E-state index contributed by atoms with van der Waals surface area (Å²) >= 11 is 6.42. The van der Waals surface area contributed by atoms with Crippen molar-refractivity contribution in [3.63, 3.8) is 0 Å². The highest BCUT2D eigenvalue weighted by atomic mass is 79.9. The molecule has 1 heterocycles. The summed E-state index contributed by atoms with van der Waals surface area (Å²) < 4.78 is 7.74. The van der Waals surface area contributed by atoms with Crippen LogP contribution in [-0.4, -0.2) is 26.6 Å². The molecule has 0 fully saturated rings. The van der Waals surface area contributed by atoms with Crippen molar-refractivity contribution in [2.24, 2.45) is 0 Å². The molecular weight excluding hydrogens is 330 g/mol. The highest BCUT2D eigenvalue weighted by molar-refractivity contribution is 9.13. The molecule has 0 aliphatic heterocycles. The van der Waals surface area contributed by atoms with E-state index in [-0.39, 0.29) is 12.5 Å². The Hall–Kier alpha value is -0.430. The van der Waals surface area contributed by atoms with Crippen molar-refractivity contribution in [2.75, 3.05) is 0 Å². The highest BCUT2D eigenvalue weighted by Gasteiger charge is 2.18. The third-order valence-corrected chi connectivity index (χ3v) is 3.19. The second-order valence-corrected chi connectivity index (χ2v) is 5.42. The number of carbonyl (C=O) groups excluding carboxylic acids is 1. The zero-order valence-corrected chi connectivity index (χ0v) is 11.8. The van der Waals surface area contributed by atoms with Crippen LogP contribution in [-0.2, 0) is 16.1 Å². The maximum absolute atomic E-state index is 11.4. The van der Waals surface area contributed by atoms with Gasteiger partial charge in [0.05, 0.1) is 0 Å². The first-order valence-electron chi connectivity index (χ1n) is 4.26. The Labute approximate surface area is 104 Å². The van der Waals surface area contributed by atoms with Crippen molar-refractivity contribution < 1.29 is 9.53 Å². The van der Waals surface area contributed by atoms with E-state index < -0.39 is 5.60 Å². The first-order chi connectivity index (χ1) is 6.79. The Kier molecular flexibility index (Phi) is 3.88. The quantitative estimate of drug-likeness (QED) is 0.774. The fourth-order valence-corrected chi connectivity index (χ4v) is 1.43. The van der Waals surface area contributed by atoms with Gasteiger partial charge in [-0.3, -0.25) is 4.79 Å². The molecule has 0 N–H and O–H groups in total. The van der Waals surface area contributed by atoms with E-state index in [9.17, 15) is 4.79 Å². The van der Waals surface area contributed by atoms with Crippen LogP contribution in [0, 0.1) is 0 Å². The van der Waals surface area contributed by atoms with Crippen LogP contribution in [0.25, 0.3) is 0 Å². The summed E-state index contributed by atoms with van der Waals surface area (Å²) in [7, 11) is 0. The van der Waals surface area contributed by atoms with E-state index in [0.717, 1.165) is 0 Å². The predicted octanol–water partition coefficient (Wildman–Crippen LogP) is 2.14. The molecule has 0 radical (unpaired) electrons. The van der Waals surface area contributed by atoms with Gasteiger partial charge in [-0.2, -0.15) is 0 Å². The molecule has 0 aliphatic carbocycles. The van der Waals surface area contributed by atoms with Gasteiger partial charge >= 0.3 is 5.97 Å². The molecule has 0 amide bonds. The summed E-state index contributed by atoms with van der Waals surface area (Å²) in [6, 6.07) is 0. The molecule has 0 saturated heterocycles. The average Bonchev–Trinajstić information content (AvgIpc) is 2.32. The van der Waals surface area contributed by atoms with E-state index in [1.165, 1.54) is 4.68 Å². The van der Waals surface area contributed by atoms with Crippen molar-refractivity contribution in [1.29, 1.82) is 0 Å². The van der Waals surface area contributed by atoms with E-state index in [0.29, 0.717) is 9.21 Å². The lowest BCUT2D eigenvalue weighted by atomic mass is 10.2. The van der Waals surface area contributed by atoms with Crippen LogP contribution in [0.4, 0.5) is 0 Å². The van der Waals surface area contributed by atoms with Crippen LogP contribution < -0.4 is 0 Å². The summed E-state index contributed by atoms with van der Waals surface area (Å²) in [6.07, 6.45) is 0. The van der Waals surface area contributed by atoms with Crippen LogP contribution in [0.3, 0.4) is 0 Å². The number of nitrogens with zero attached hydrogens (tertiary/aromatic N) is 3. The molecule has 1 rings (SSSR count). The molecular formula is C8H11Br2N3O2. The van der Waals surface area contributed by atoms with Gasteiger partial charge in [-0.1, -0.05) is 5.21 Å². The summed E-state index contributed by atoms with van der Waals surface area (Å²) in [5.74, 6) is -0.347. The van der Waals surface area contributed by atoms with E-state index in [2.05, 4.69) is 42.2 Å². The van der Waals surface area contributed by atoms with Crippen molar-refractivity contribution in [1.82, 2.24) is 15.0 Å². The molecule has 0 atom stereocenters. The molecule has 0 aliphatic rings. The van der Waals surface area contributed by atoms with Gasteiger partial charge in [-0.25, -0.2) is 4.68 Å². The maximum atomic E-state index is 11.4. The van der Waals surface area contributed by atoms with Gasteiger partial charge < -0.3 is 4.74 Å². The van der Waals surface area contributed by atoms with Gasteiger partial charge in [-0.15, -0.1) is 5.10 Å². The third kappa shape index (κ3) is 3.90. The molecule has 0 aromatic carbocycles. The zero-order chi connectivity index (χ0) is 11.6. The fourth-order valence-electron chi connectivity index (χ4n) is 0.877. The topological polar surface area (TPSA) is 57.0 Å². The predicted molar refractivity (Wildman–Crippen MR) is 61.3 cm³/mol. The Bertz CT molecular complexity index is 370. The molecule has 1 aromatic heterocycles. The third-order valence-electron chi connectivity index (χ3n) is 1.34. The fraction of sp³-hybridized carbons (Fsp3) is 0.625. The van der Waals surface area contributed by atoms with Crippen molar-refractivity contribution in [2.45, 2.75) is 32.9 Å². The van der Waals surface area contributed by atoms with Crippen molar-refractivity contribution in [3.05, 3.63) is 9.21 Å². The SMILES string of the molecule is CC(C)(C)OC(=O)Cn1nnc(Br)c1Br. The number of hydrogen-bond acceptors (Lipinski definition) is 4. The summed E-state index contributed by atoms with van der Waals surface area (Å²) in [5.41, 5.74) is -0.485. The lowest BCUT2D eigenvalue weighted by molar-refractivity contribution is -0.155. The monoisotopic (exact) mass is 339 g/mol. The molecule has 7 heteroatoms. The highest BCUT2D eigenvalue weighted by Crippen LogP contribution is 2.19. The summed E-state index contributed by atoms with van der Waals surface area (Å²) in [5, 5.41) is 7.50. The average molecular weight is 341 g/mol. The van der Waals surface area contributed by atoms with Gasteiger partial charge in [0.15, 0.2) is 4.60 Å². The second kappa shape index (κ2) is 4.61. The van der Waals surface area contributed by atoms with E-state index in [1.807, 2.05) is 20.8 Å². The summed E-state index contributed by atoms with van der Waals surface area (Å²) in [6.45, 7) is 5.49. The van der Waals surface area contributed by atoms with Crippen LogP contribution >= 0.6 is 31.9 Å². The molecule has 0 saturated carbocycles. The van der Waals surface area contributed by atoms with E-state index in [4.69, 9.17) is 4.74 Å². The molecule has 0 spiro atoms. The second-order valence-electron chi connectivity index (χ2n) is 3.92. The van der Waals surface area contributed by atoms with Crippen molar-refractivity contribution >= 4 is 37.8 Å². The number of rotatable bonds is 2. The molecule has 84 valence electrons. The molecule has 1 aromatic rings. The van der Waals surface area contributed by atoms with Gasteiger partial charge in [0, 0.05) is 0 Å². The minimum Gasteiger partial charge on any atom is -0.459 e. The first kappa shape index (κ1) is 12.6. The van der Waals surface area contributed by atoms with E-state index >= 15 is 0 Å². The number of carbonyl (C=O) groups is 1. The van der Waals surface area contributed by atoms with Crippen LogP contribution in [0.1, 0.15) is 20.8 Å². The Morgan fingerprint density at radius 3 is 2.47 bits per heavy atom. The standard InChI is InChI=1S/C8H11Br2N3O2/c1-8(2,3)15-5(14)4-13-7(10)6(9)11-12-13/h4H2,1-3H3. The zero-order valence-electron chi connectivity index (χ0n) is 8.62. The Morgan fingerprint density at radius 2 is 2.07 bits per heavy atom. The number of hydrogen-bond donors (Lipinski definition) is 0. The Balaban J connectivity index is 2.63. The minimum atomic E-state index is -0.485. The minimum absolute atomic E-state index is 0.0381. The van der Waals surface area contributed by atoms with Crippen LogP contribution in [0.5, 0.6) is 0 Å². The van der Waals surface area contributed by atoms with E-state index in [1.54, 1.807) is 0 Å². The lowest BCUT2D eigenvalue weighted by Crippen LogP contribution is -2.26. The largest absolute Gasteiger partial charge is 0.459 e. The number of ether oxygens (including phenoxy) is 1. The number of esters is 1. The van der Waals surface area contributed by atoms with Crippen LogP contribution in [0.2, 0.25) is 0 Å². The van der Waals surface area contributed by atoms with Gasteiger partial charge in [0.1, 0.15) is 16.7 Å². The van der Waals surface area contributed by atoms with Gasteiger partial charge in [-0.05, 0) is 52.6 Å². The number of aromatic nitrogens is 3. The smallest absolute Gasteiger partial charge is 0.328 e. The lowest BCUT2D eigenvalue weighted by Gasteiger charge is -2.19. The molecule has 0 unspecified atom stereocenters. The molecule has 5 nitrogen and oxygen atoms in total. The van der Waals surface area contributed by atoms with Gasteiger partial charge in [0.2, 0.25) is 0 Å². The molecule has 0 bridgehead atoms. The Morgan fingerprint density at radius 1 is 1.47 bits per heavy atom. The first-order valence-corrected chi connectivity index (χ1v) is 5.84. The van der Waals surface area contributed by atoms with Crippen LogP contribution in [0.15, 0.2) is 9.21 Å². The normalized spacial score (nSPS) is 11.5.